The van der Waals surface area contributed by atoms with Crippen LogP contribution >= 0.6 is 0 Å². The van der Waals surface area contributed by atoms with Crippen molar-refractivity contribution in [1.82, 2.24) is 0 Å². The highest BCUT2D eigenvalue weighted by molar-refractivity contribution is 6.25. The molecule has 5 rings (SSSR count). The summed E-state index contributed by atoms with van der Waals surface area (Å²) < 4.78 is 11.9. The van der Waals surface area contributed by atoms with Crippen LogP contribution in [0.3, 0.4) is 0 Å². The Kier molecular flexibility index (Phi) is 5.51. The first-order valence-electron chi connectivity index (χ1n) is 12.1. The van der Waals surface area contributed by atoms with Crippen molar-refractivity contribution < 1.29 is 19.1 Å². The summed E-state index contributed by atoms with van der Waals surface area (Å²) in [5.41, 5.74) is 5.58. The van der Waals surface area contributed by atoms with Gasteiger partial charge in [-0.2, -0.15) is 0 Å². The number of carbonyl (C=O) groups is 2. The predicted octanol–water partition coefficient (Wildman–Crippen LogP) is 5.85. The highest BCUT2D eigenvalue weighted by Crippen LogP contribution is 2.48. The highest BCUT2D eigenvalue weighted by Gasteiger charge is 2.43. The zero-order valence-corrected chi connectivity index (χ0v) is 21.5. The largest absolute Gasteiger partial charge is 0.493 e. The van der Waals surface area contributed by atoms with E-state index in [4.69, 9.17) is 14.5 Å². The van der Waals surface area contributed by atoms with Gasteiger partial charge in [0.05, 0.1) is 12.8 Å². The molecule has 0 spiro atoms. The number of amides is 1. The quantitative estimate of drug-likeness (QED) is 0.506. The number of ether oxygens (including phenoxy) is 2. The molecule has 2 heterocycles. The van der Waals surface area contributed by atoms with Crippen molar-refractivity contribution in [2.45, 2.75) is 52.2 Å². The molecule has 0 atom stereocenters. The van der Waals surface area contributed by atoms with Gasteiger partial charge in [-0.1, -0.05) is 30.3 Å². The van der Waals surface area contributed by atoms with Crippen molar-refractivity contribution in [1.29, 1.82) is 0 Å². The number of anilines is 1. The molecule has 0 radical (unpaired) electrons. The van der Waals surface area contributed by atoms with E-state index in [1.165, 1.54) is 6.92 Å². The zero-order valence-electron chi connectivity index (χ0n) is 21.5. The molecule has 0 saturated carbocycles. The summed E-state index contributed by atoms with van der Waals surface area (Å²) >= 11 is 0. The molecule has 3 aromatic rings. The summed E-state index contributed by atoms with van der Waals surface area (Å²) in [4.78, 5) is 29.9. The number of aliphatic imine (C=N–C) groups is 1. The van der Waals surface area contributed by atoms with Crippen molar-refractivity contribution in [2.75, 3.05) is 12.4 Å². The average molecular weight is 483 g/mol. The number of methoxy groups -OCH3 is 1. The van der Waals surface area contributed by atoms with E-state index in [-0.39, 0.29) is 11.7 Å². The number of fused-ring (bicyclic) bond motifs is 3. The van der Waals surface area contributed by atoms with Gasteiger partial charge in [0.25, 0.3) is 0 Å². The number of benzene rings is 3. The van der Waals surface area contributed by atoms with Gasteiger partial charge in [0.2, 0.25) is 5.91 Å². The summed E-state index contributed by atoms with van der Waals surface area (Å²) in [5.74, 6) is 1.13. The Balaban J connectivity index is 1.65. The third-order valence-corrected chi connectivity index (χ3v) is 6.65. The van der Waals surface area contributed by atoms with Crippen LogP contribution in [0.25, 0.3) is 11.1 Å². The minimum absolute atomic E-state index is 0.0308. The third-order valence-electron chi connectivity index (χ3n) is 6.65. The number of Topliss-reactive ketones (excluding diaryl/α,β-unsaturated/α-hetero) is 1. The van der Waals surface area contributed by atoms with Gasteiger partial charge in [-0.15, -0.1) is 0 Å². The molecule has 36 heavy (non-hydrogen) atoms. The SMILES string of the molecule is COc1cc2c(c3c1OC(C)(C)C3)C(c1cccc(-c3ccc(NC(C)=O)cc3)c1)=NC(C)(C)C2=O. The number of nitrogens with zero attached hydrogens (tertiary/aromatic N) is 1. The van der Waals surface area contributed by atoms with Crippen molar-refractivity contribution in [3.63, 3.8) is 0 Å². The normalized spacial score (nSPS) is 16.9. The maximum Gasteiger partial charge on any atom is 0.221 e. The molecular weight excluding hydrogens is 452 g/mol. The number of ketones is 1. The van der Waals surface area contributed by atoms with E-state index < -0.39 is 11.1 Å². The topological polar surface area (TPSA) is 77.0 Å². The van der Waals surface area contributed by atoms with Crippen LogP contribution in [0, 0.1) is 0 Å². The van der Waals surface area contributed by atoms with Crippen LogP contribution in [0.5, 0.6) is 11.5 Å². The minimum Gasteiger partial charge on any atom is -0.493 e. The molecule has 0 aromatic heterocycles. The van der Waals surface area contributed by atoms with Gasteiger partial charge < -0.3 is 14.8 Å². The molecular formula is C30H30N2O4. The fraction of sp³-hybridized carbons (Fsp3) is 0.300. The van der Waals surface area contributed by atoms with Gasteiger partial charge in [-0.05, 0) is 63.1 Å². The van der Waals surface area contributed by atoms with Gasteiger partial charge in [0.15, 0.2) is 17.3 Å². The Morgan fingerprint density at radius 2 is 1.69 bits per heavy atom. The van der Waals surface area contributed by atoms with Crippen molar-refractivity contribution in [3.8, 4) is 22.6 Å². The molecule has 0 fully saturated rings. The summed E-state index contributed by atoms with van der Waals surface area (Å²) in [5, 5.41) is 2.80. The van der Waals surface area contributed by atoms with Gasteiger partial charge in [0.1, 0.15) is 11.1 Å². The molecule has 184 valence electrons. The number of rotatable bonds is 4. The average Bonchev–Trinajstić information content (AvgIpc) is 3.15. The molecule has 6 nitrogen and oxygen atoms in total. The van der Waals surface area contributed by atoms with E-state index >= 15 is 0 Å². The Bertz CT molecular complexity index is 1430. The second kappa shape index (κ2) is 8.33. The lowest BCUT2D eigenvalue weighted by Crippen LogP contribution is -2.37. The summed E-state index contributed by atoms with van der Waals surface area (Å²) in [6.45, 7) is 9.27. The molecule has 6 heteroatoms. The van der Waals surface area contributed by atoms with Crippen molar-refractivity contribution in [2.24, 2.45) is 4.99 Å². The molecule has 0 saturated heterocycles. The van der Waals surface area contributed by atoms with Gasteiger partial charge in [-0.25, -0.2) is 0 Å². The predicted molar refractivity (Wildman–Crippen MR) is 142 cm³/mol. The van der Waals surface area contributed by atoms with E-state index in [1.54, 1.807) is 13.2 Å². The molecule has 1 N–H and O–H groups in total. The van der Waals surface area contributed by atoms with Gasteiger partial charge in [-0.3, -0.25) is 14.6 Å². The van der Waals surface area contributed by atoms with Gasteiger partial charge >= 0.3 is 0 Å². The lowest BCUT2D eigenvalue weighted by molar-refractivity contribution is -0.114. The van der Waals surface area contributed by atoms with Crippen LogP contribution in [0.2, 0.25) is 0 Å². The number of nitrogens with one attached hydrogen (secondary N) is 1. The second-order valence-corrected chi connectivity index (χ2v) is 10.5. The third kappa shape index (κ3) is 4.06. The standard InChI is InChI=1S/C30H30N2O4/c1-17(33)31-21-12-10-18(11-13-21)19-8-7-9-20(14-19)26-25-22(28(34)30(4,5)32-26)15-24(35-6)27-23(25)16-29(2,3)36-27/h7-15H,16H2,1-6H3,(H,31,33). The minimum atomic E-state index is -0.910. The van der Waals surface area contributed by atoms with E-state index in [1.807, 2.05) is 70.2 Å². The Morgan fingerprint density at radius 1 is 1.00 bits per heavy atom. The number of hydrogen-bond acceptors (Lipinski definition) is 5. The van der Waals surface area contributed by atoms with E-state index in [9.17, 15) is 9.59 Å². The Labute approximate surface area is 211 Å². The molecule has 0 aliphatic carbocycles. The molecule has 2 aliphatic heterocycles. The fourth-order valence-electron chi connectivity index (χ4n) is 5.03. The lowest BCUT2D eigenvalue weighted by atomic mass is 9.80. The van der Waals surface area contributed by atoms with Crippen LogP contribution in [-0.2, 0) is 11.2 Å². The maximum atomic E-state index is 13.5. The molecule has 0 unspecified atom stereocenters. The van der Waals surface area contributed by atoms with Crippen LogP contribution in [0.15, 0.2) is 59.6 Å². The van der Waals surface area contributed by atoms with Crippen molar-refractivity contribution >= 4 is 23.1 Å². The molecule has 1 amide bonds. The number of hydrogen-bond donors (Lipinski definition) is 1. The summed E-state index contributed by atoms with van der Waals surface area (Å²) in [6.07, 6.45) is 0.652. The highest BCUT2D eigenvalue weighted by atomic mass is 16.5. The van der Waals surface area contributed by atoms with Crippen LogP contribution in [0.4, 0.5) is 5.69 Å². The number of carbonyl (C=O) groups excluding carboxylic acids is 2. The second-order valence-electron chi connectivity index (χ2n) is 10.5. The van der Waals surface area contributed by atoms with E-state index in [0.717, 1.165) is 39.2 Å². The lowest BCUT2D eigenvalue weighted by Gasteiger charge is -2.29. The van der Waals surface area contributed by atoms with Crippen LogP contribution in [0.1, 0.15) is 61.7 Å². The fourth-order valence-corrected chi connectivity index (χ4v) is 5.03. The first kappa shape index (κ1) is 23.8. The summed E-state index contributed by atoms with van der Waals surface area (Å²) in [6, 6.07) is 17.7. The molecule has 2 aliphatic rings. The molecule has 0 bridgehead atoms. The monoisotopic (exact) mass is 482 g/mol. The summed E-state index contributed by atoms with van der Waals surface area (Å²) in [7, 11) is 1.60. The van der Waals surface area contributed by atoms with E-state index in [2.05, 4.69) is 11.4 Å². The van der Waals surface area contributed by atoms with Crippen LogP contribution in [-0.4, -0.2) is 35.7 Å². The van der Waals surface area contributed by atoms with Crippen LogP contribution < -0.4 is 14.8 Å². The smallest absolute Gasteiger partial charge is 0.221 e. The maximum absolute atomic E-state index is 13.5. The first-order valence-corrected chi connectivity index (χ1v) is 12.1. The van der Waals surface area contributed by atoms with E-state index in [0.29, 0.717) is 23.5 Å². The van der Waals surface area contributed by atoms with Crippen molar-refractivity contribution in [3.05, 3.63) is 76.9 Å². The zero-order chi connectivity index (χ0) is 25.8. The molecule has 3 aromatic carbocycles. The Morgan fingerprint density at radius 3 is 2.36 bits per heavy atom. The Hall–Kier alpha value is -3.93. The van der Waals surface area contributed by atoms with Gasteiger partial charge in [0, 0.05) is 41.3 Å². The first-order chi connectivity index (χ1) is 17.0.